The second-order valence-electron chi connectivity index (χ2n) is 5.82. The third kappa shape index (κ3) is 6.18. The first-order chi connectivity index (χ1) is 10.7. The molecule has 0 aliphatic carbocycles. The van der Waals surface area contributed by atoms with Gasteiger partial charge in [0.1, 0.15) is 5.75 Å². The van der Waals surface area contributed by atoms with Gasteiger partial charge in [-0.25, -0.2) is 0 Å². The molecule has 6 heteroatoms. The molecular weight excluding hydrogens is 405 g/mol. The molecule has 23 heavy (non-hydrogen) atoms. The number of benzene rings is 1. The number of nitrogens with zero attached hydrogens (tertiary/aromatic N) is 1. The molecule has 0 spiro atoms. The molecule has 1 saturated heterocycles. The number of ether oxygens (including phenoxy) is 2. The highest BCUT2D eigenvalue weighted by molar-refractivity contribution is 14.0. The molecule has 1 atom stereocenters. The third-order valence-electron chi connectivity index (χ3n) is 4.03. The van der Waals surface area contributed by atoms with Crippen molar-refractivity contribution in [1.29, 1.82) is 0 Å². The molecule has 1 fully saturated rings. The number of guanidine groups is 1. The zero-order valence-corrected chi connectivity index (χ0v) is 16.6. The van der Waals surface area contributed by atoms with Gasteiger partial charge in [-0.15, -0.1) is 24.0 Å². The van der Waals surface area contributed by atoms with Gasteiger partial charge in [0, 0.05) is 26.7 Å². The van der Waals surface area contributed by atoms with Crippen molar-refractivity contribution < 1.29 is 9.47 Å². The van der Waals surface area contributed by atoms with Crippen LogP contribution >= 0.6 is 24.0 Å². The first kappa shape index (κ1) is 20.0. The van der Waals surface area contributed by atoms with E-state index in [2.05, 4.69) is 28.6 Å². The number of nitrogens with one attached hydrogen (secondary N) is 2. The van der Waals surface area contributed by atoms with Crippen LogP contribution in [0.2, 0.25) is 0 Å². The minimum absolute atomic E-state index is 0. The Bertz CT molecular complexity index is 502. The van der Waals surface area contributed by atoms with Crippen molar-refractivity contribution in [2.75, 3.05) is 33.9 Å². The molecular formula is C17H28IN3O2. The lowest BCUT2D eigenvalue weighted by Gasteiger charge is -2.24. The maximum Gasteiger partial charge on any atom is 0.191 e. The largest absolute Gasteiger partial charge is 0.496 e. The Labute approximate surface area is 156 Å². The summed E-state index contributed by atoms with van der Waals surface area (Å²) in [6.07, 6.45) is 3.12. The highest BCUT2D eigenvalue weighted by atomic mass is 127. The van der Waals surface area contributed by atoms with Gasteiger partial charge in [-0.3, -0.25) is 4.99 Å². The van der Waals surface area contributed by atoms with Crippen molar-refractivity contribution in [2.24, 2.45) is 4.99 Å². The first-order valence-electron chi connectivity index (χ1n) is 7.87. The number of rotatable bonds is 6. The fraction of sp³-hybridized carbons (Fsp3) is 0.588. The molecule has 1 unspecified atom stereocenters. The Kier molecular flexibility index (Phi) is 8.68. The number of methoxy groups -OCH3 is 1. The topological polar surface area (TPSA) is 54.9 Å². The van der Waals surface area contributed by atoms with Gasteiger partial charge < -0.3 is 20.1 Å². The lowest BCUT2D eigenvalue weighted by atomic mass is 10.0. The summed E-state index contributed by atoms with van der Waals surface area (Å²) in [6.45, 7) is 4.59. The van der Waals surface area contributed by atoms with Gasteiger partial charge in [0.2, 0.25) is 0 Å². The molecule has 0 amide bonds. The van der Waals surface area contributed by atoms with E-state index in [1.54, 1.807) is 14.2 Å². The van der Waals surface area contributed by atoms with Crippen LogP contribution in [0.4, 0.5) is 0 Å². The van der Waals surface area contributed by atoms with Gasteiger partial charge in [-0.05, 0) is 37.8 Å². The van der Waals surface area contributed by atoms with E-state index in [-0.39, 0.29) is 29.6 Å². The van der Waals surface area contributed by atoms with E-state index in [1.165, 1.54) is 5.56 Å². The molecule has 0 radical (unpaired) electrons. The van der Waals surface area contributed by atoms with Crippen LogP contribution in [0.5, 0.6) is 5.75 Å². The fourth-order valence-corrected chi connectivity index (χ4v) is 2.69. The summed E-state index contributed by atoms with van der Waals surface area (Å²) in [4.78, 5) is 4.26. The van der Waals surface area contributed by atoms with E-state index >= 15 is 0 Å². The van der Waals surface area contributed by atoms with Crippen molar-refractivity contribution in [2.45, 2.75) is 31.8 Å². The van der Waals surface area contributed by atoms with E-state index in [0.717, 1.165) is 50.7 Å². The monoisotopic (exact) mass is 433 g/mol. The van der Waals surface area contributed by atoms with Crippen molar-refractivity contribution in [3.05, 3.63) is 29.8 Å². The normalized spacial score (nSPS) is 20.7. The Balaban J connectivity index is 0.00000264. The first-order valence-corrected chi connectivity index (χ1v) is 7.87. The predicted octanol–water partition coefficient (Wildman–Crippen LogP) is 2.59. The minimum atomic E-state index is -0.0692. The van der Waals surface area contributed by atoms with Gasteiger partial charge in [0.15, 0.2) is 5.96 Å². The van der Waals surface area contributed by atoms with Crippen LogP contribution in [0.1, 0.15) is 25.3 Å². The molecule has 5 nitrogen and oxygen atoms in total. The second-order valence-corrected chi connectivity index (χ2v) is 5.82. The highest BCUT2D eigenvalue weighted by Gasteiger charge is 2.29. The molecule has 130 valence electrons. The summed E-state index contributed by atoms with van der Waals surface area (Å²) in [5.74, 6) is 1.74. The van der Waals surface area contributed by atoms with E-state index < -0.39 is 0 Å². The molecule has 2 rings (SSSR count). The van der Waals surface area contributed by atoms with E-state index in [1.807, 2.05) is 18.2 Å². The van der Waals surface area contributed by atoms with Crippen LogP contribution in [-0.4, -0.2) is 45.4 Å². The zero-order chi connectivity index (χ0) is 15.8. The standard InChI is InChI=1S/C17H27N3O2.HI/c1-17(10-6-12-22-17)13-20-16(18-2)19-11-9-14-7-4-5-8-15(14)21-3;/h4-5,7-8H,6,9-13H2,1-3H3,(H2,18,19,20);1H. The summed E-state index contributed by atoms with van der Waals surface area (Å²) >= 11 is 0. The zero-order valence-electron chi connectivity index (χ0n) is 14.2. The van der Waals surface area contributed by atoms with Crippen LogP contribution < -0.4 is 15.4 Å². The number of hydrogen-bond donors (Lipinski definition) is 2. The predicted molar refractivity (Wildman–Crippen MR) is 105 cm³/mol. The van der Waals surface area contributed by atoms with Crippen molar-refractivity contribution in [3.8, 4) is 5.75 Å². The van der Waals surface area contributed by atoms with Crippen LogP contribution in [0.3, 0.4) is 0 Å². The third-order valence-corrected chi connectivity index (χ3v) is 4.03. The Hall–Kier alpha value is -1.02. The summed E-state index contributed by atoms with van der Waals surface area (Å²) in [7, 11) is 3.49. The van der Waals surface area contributed by atoms with E-state index in [4.69, 9.17) is 9.47 Å². The van der Waals surface area contributed by atoms with Crippen molar-refractivity contribution in [1.82, 2.24) is 10.6 Å². The molecule has 1 aliphatic rings. The number of hydrogen-bond acceptors (Lipinski definition) is 3. The minimum Gasteiger partial charge on any atom is -0.496 e. The lowest BCUT2D eigenvalue weighted by molar-refractivity contribution is 0.0243. The maximum absolute atomic E-state index is 5.78. The molecule has 0 bridgehead atoms. The van der Waals surface area contributed by atoms with Crippen LogP contribution in [0, 0.1) is 0 Å². The average Bonchev–Trinajstić information content (AvgIpc) is 2.98. The average molecular weight is 433 g/mol. The Morgan fingerprint density at radius 3 is 2.78 bits per heavy atom. The number of halogens is 1. The van der Waals surface area contributed by atoms with Gasteiger partial charge >= 0.3 is 0 Å². The number of aliphatic imine (C=N–C) groups is 1. The summed E-state index contributed by atoms with van der Waals surface area (Å²) in [5, 5.41) is 6.69. The quantitative estimate of drug-likeness (QED) is 0.412. The molecule has 0 aromatic heterocycles. The second kappa shape index (κ2) is 9.97. The SMILES string of the molecule is CN=C(NCCc1ccccc1OC)NCC1(C)CCCO1.I. The van der Waals surface area contributed by atoms with Crippen LogP contribution in [-0.2, 0) is 11.2 Å². The molecule has 2 N–H and O–H groups in total. The molecule has 0 saturated carbocycles. The summed E-state index contributed by atoms with van der Waals surface area (Å²) in [5.41, 5.74) is 1.12. The van der Waals surface area contributed by atoms with Gasteiger partial charge in [-0.2, -0.15) is 0 Å². The lowest BCUT2D eigenvalue weighted by Crippen LogP contribution is -2.45. The summed E-state index contributed by atoms with van der Waals surface area (Å²) < 4.78 is 11.1. The Morgan fingerprint density at radius 1 is 1.35 bits per heavy atom. The Morgan fingerprint density at radius 2 is 2.13 bits per heavy atom. The smallest absolute Gasteiger partial charge is 0.191 e. The fourth-order valence-electron chi connectivity index (χ4n) is 2.69. The summed E-state index contributed by atoms with van der Waals surface area (Å²) in [6, 6.07) is 8.09. The van der Waals surface area contributed by atoms with E-state index in [9.17, 15) is 0 Å². The van der Waals surface area contributed by atoms with E-state index in [0.29, 0.717) is 0 Å². The van der Waals surface area contributed by atoms with Gasteiger partial charge in [0.25, 0.3) is 0 Å². The molecule has 1 aromatic rings. The van der Waals surface area contributed by atoms with Crippen LogP contribution in [0.15, 0.2) is 29.3 Å². The van der Waals surface area contributed by atoms with Crippen LogP contribution in [0.25, 0.3) is 0 Å². The van der Waals surface area contributed by atoms with Crippen molar-refractivity contribution in [3.63, 3.8) is 0 Å². The number of para-hydroxylation sites is 1. The van der Waals surface area contributed by atoms with Gasteiger partial charge in [-0.1, -0.05) is 18.2 Å². The maximum atomic E-state index is 5.78. The van der Waals surface area contributed by atoms with Gasteiger partial charge in [0.05, 0.1) is 12.7 Å². The van der Waals surface area contributed by atoms with Crippen molar-refractivity contribution >= 4 is 29.9 Å². The molecule has 1 aliphatic heterocycles. The molecule has 1 heterocycles. The molecule has 1 aromatic carbocycles. The highest BCUT2D eigenvalue weighted by Crippen LogP contribution is 2.23.